The summed E-state index contributed by atoms with van der Waals surface area (Å²) in [5.41, 5.74) is 7.04. The van der Waals surface area contributed by atoms with Crippen molar-refractivity contribution in [3.8, 4) is 0 Å². The second-order valence-corrected chi connectivity index (χ2v) is 5.38. The van der Waals surface area contributed by atoms with Crippen LogP contribution < -0.4 is 5.73 Å². The van der Waals surface area contributed by atoms with Crippen molar-refractivity contribution in [3.63, 3.8) is 0 Å². The molecular weight excluding hydrogens is 249 g/mol. The molecule has 0 saturated carbocycles. The first-order chi connectivity index (χ1) is 8.58. The normalized spacial score (nSPS) is 14.4. The molecule has 0 aliphatic heterocycles. The Morgan fingerprint density at radius 2 is 2.00 bits per heavy atom. The molecule has 5 heteroatoms. The van der Waals surface area contributed by atoms with Gasteiger partial charge in [0.25, 0.3) is 0 Å². The molecule has 2 rings (SSSR count). The van der Waals surface area contributed by atoms with Crippen LogP contribution in [0.5, 0.6) is 0 Å². The van der Waals surface area contributed by atoms with Crippen LogP contribution in [0, 0.1) is 5.82 Å². The summed E-state index contributed by atoms with van der Waals surface area (Å²) in [5, 5.41) is 0.966. The van der Waals surface area contributed by atoms with Gasteiger partial charge in [0.2, 0.25) is 0 Å². The molecule has 0 aliphatic carbocycles. The number of hydrogen-bond acceptors (Lipinski definition) is 3. The molecule has 0 fully saturated rings. The number of thioether (sulfide) groups is 1. The maximum atomic E-state index is 12.9. The quantitative estimate of drug-likeness (QED) is 0.864. The first-order valence-electron chi connectivity index (χ1n) is 5.73. The molecule has 2 unspecified atom stereocenters. The van der Waals surface area contributed by atoms with Gasteiger partial charge < -0.3 is 10.3 Å². The van der Waals surface area contributed by atoms with E-state index in [1.807, 2.05) is 24.7 Å². The van der Waals surface area contributed by atoms with E-state index in [-0.39, 0.29) is 17.1 Å². The Balaban J connectivity index is 2.24. The Morgan fingerprint density at radius 3 is 2.50 bits per heavy atom. The Morgan fingerprint density at radius 1 is 1.33 bits per heavy atom. The van der Waals surface area contributed by atoms with Gasteiger partial charge in [-0.15, -0.1) is 0 Å². The average Bonchev–Trinajstić information content (AvgIpc) is 2.73. The monoisotopic (exact) mass is 265 g/mol. The molecule has 0 radical (unpaired) electrons. The maximum absolute atomic E-state index is 12.9. The van der Waals surface area contributed by atoms with Gasteiger partial charge in [0.05, 0.1) is 5.25 Å². The minimum atomic E-state index is -0.232. The highest BCUT2D eigenvalue weighted by Crippen LogP contribution is 2.35. The zero-order valence-electron chi connectivity index (χ0n) is 10.4. The lowest BCUT2D eigenvalue weighted by Crippen LogP contribution is -2.22. The number of rotatable bonds is 4. The summed E-state index contributed by atoms with van der Waals surface area (Å²) in [4.78, 5) is 4.28. The molecular formula is C13H16FN3S. The fourth-order valence-electron chi connectivity index (χ4n) is 1.71. The van der Waals surface area contributed by atoms with E-state index in [9.17, 15) is 4.39 Å². The summed E-state index contributed by atoms with van der Waals surface area (Å²) in [6, 6.07) is 6.43. The number of hydrogen-bond donors (Lipinski definition) is 1. The van der Waals surface area contributed by atoms with Crippen molar-refractivity contribution in [3.05, 3.63) is 48.0 Å². The van der Waals surface area contributed by atoms with Gasteiger partial charge in [0, 0.05) is 25.5 Å². The van der Waals surface area contributed by atoms with Crippen molar-refractivity contribution < 1.29 is 4.39 Å². The van der Waals surface area contributed by atoms with E-state index in [2.05, 4.69) is 4.98 Å². The topological polar surface area (TPSA) is 43.8 Å². The van der Waals surface area contributed by atoms with Gasteiger partial charge in [0.1, 0.15) is 5.82 Å². The van der Waals surface area contributed by atoms with Crippen LogP contribution in [0.3, 0.4) is 0 Å². The number of halogens is 1. The average molecular weight is 265 g/mol. The second kappa shape index (κ2) is 5.54. The van der Waals surface area contributed by atoms with Crippen LogP contribution in [0.2, 0.25) is 0 Å². The summed E-state index contributed by atoms with van der Waals surface area (Å²) >= 11 is 1.59. The van der Waals surface area contributed by atoms with Crippen molar-refractivity contribution in [2.75, 3.05) is 0 Å². The number of nitrogens with two attached hydrogens (primary N) is 1. The summed E-state index contributed by atoms with van der Waals surface area (Å²) in [6.45, 7) is 1.95. The largest absolute Gasteiger partial charge is 0.329 e. The molecule has 2 atom stereocenters. The lowest BCUT2D eigenvalue weighted by atomic mass is 10.1. The van der Waals surface area contributed by atoms with Gasteiger partial charge in [-0.1, -0.05) is 23.9 Å². The third-order valence-electron chi connectivity index (χ3n) is 2.69. The number of aromatic nitrogens is 2. The Bertz CT molecular complexity index is 507. The van der Waals surface area contributed by atoms with E-state index in [1.54, 1.807) is 30.1 Å². The van der Waals surface area contributed by atoms with Gasteiger partial charge in [0.15, 0.2) is 5.16 Å². The molecule has 0 bridgehead atoms. The molecule has 3 nitrogen and oxygen atoms in total. The zero-order chi connectivity index (χ0) is 13.1. The van der Waals surface area contributed by atoms with Crippen molar-refractivity contribution >= 4 is 11.8 Å². The molecule has 18 heavy (non-hydrogen) atoms. The Kier molecular flexibility index (Phi) is 4.04. The lowest BCUT2D eigenvalue weighted by molar-refractivity contribution is 0.625. The highest BCUT2D eigenvalue weighted by atomic mass is 32.2. The zero-order valence-corrected chi connectivity index (χ0v) is 11.2. The van der Waals surface area contributed by atoms with E-state index in [1.165, 1.54) is 12.1 Å². The van der Waals surface area contributed by atoms with Gasteiger partial charge in [-0.05, 0) is 24.6 Å². The van der Waals surface area contributed by atoms with E-state index in [0.717, 1.165) is 10.7 Å². The molecule has 2 aromatic rings. The smallest absolute Gasteiger partial charge is 0.168 e. The maximum Gasteiger partial charge on any atom is 0.168 e. The van der Waals surface area contributed by atoms with Gasteiger partial charge in [-0.25, -0.2) is 9.37 Å². The van der Waals surface area contributed by atoms with Gasteiger partial charge in [-0.2, -0.15) is 0 Å². The van der Waals surface area contributed by atoms with Crippen molar-refractivity contribution in [2.45, 2.75) is 23.4 Å². The minimum Gasteiger partial charge on any atom is -0.329 e. The number of nitrogens with zero attached hydrogens (tertiary/aromatic N) is 2. The second-order valence-electron chi connectivity index (χ2n) is 4.27. The third-order valence-corrected chi connectivity index (χ3v) is 4.25. The fourth-order valence-corrected chi connectivity index (χ4v) is 2.79. The van der Waals surface area contributed by atoms with Crippen LogP contribution >= 0.6 is 11.8 Å². The first-order valence-corrected chi connectivity index (χ1v) is 6.61. The van der Waals surface area contributed by atoms with Crippen molar-refractivity contribution in [1.82, 2.24) is 9.55 Å². The van der Waals surface area contributed by atoms with Gasteiger partial charge in [-0.3, -0.25) is 0 Å². The van der Waals surface area contributed by atoms with Crippen LogP contribution in [-0.4, -0.2) is 15.6 Å². The summed E-state index contributed by atoms with van der Waals surface area (Å²) in [7, 11) is 1.94. The Hall–Kier alpha value is -1.33. The molecule has 0 saturated heterocycles. The number of imidazole rings is 1. The van der Waals surface area contributed by atoms with E-state index in [4.69, 9.17) is 5.73 Å². The molecule has 1 aromatic carbocycles. The molecule has 1 heterocycles. The van der Waals surface area contributed by atoms with Crippen LogP contribution in [0.25, 0.3) is 0 Å². The lowest BCUT2D eigenvalue weighted by Gasteiger charge is -2.20. The van der Waals surface area contributed by atoms with Crippen LogP contribution in [0.15, 0.2) is 41.8 Å². The molecule has 0 aliphatic rings. The molecule has 2 N–H and O–H groups in total. The Labute approximate surface area is 110 Å². The molecule has 96 valence electrons. The predicted octanol–water partition coefficient (Wildman–Crippen LogP) is 2.74. The number of aryl methyl sites for hydroxylation is 1. The highest BCUT2D eigenvalue weighted by molar-refractivity contribution is 7.99. The van der Waals surface area contributed by atoms with E-state index >= 15 is 0 Å². The van der Waals surface area contributed by atoms with Crippen molar-refractivity contribution in [1.29, 1.82) is 0 Å². The molecule has 0 amide bonds. The fraction of sp³-hybridized carbons (Fsp3) is 0.308. The SMILES string of the molecule is CC(N)C(Sc1nccn1C)c1ccc(F)cc1. The molecule has 0 spiro atoms. The summed E-state index contributed by atoms with van der Waals surface area (Å²) < 4.78 is 14.9. The third kappa shape index (κ3) is 2.91. The minimum absolute atomic E-state index is 0.0443. The van der Waals surface area contributed by atoms with Crippen LogP contribution in [-0.2, 0) is 7.05 Å². The first kappa shape index (κ1) is 13.1. The van der Waals surface area contributed by atoms with Crippen LogP contribution in [0.1, 0.15) is 17.7 Å². The predicted molar refractivity (Wildman–Crippen MR) is 71.9 cm³/mol. The highest BCUT2D eigenvalue weighted by Gasteiger charge is 2.19. The summed E-state index contributed by atoms with van der Waals surface area (Å²) in [5.74, 6) is -0.232. The number of benzene rings is 1. The summed E-state index contributed by atoms with van der Waals surface area (Å²) in [6.07, 6.45) is 3.65. The molecule has 1 aromatic heterocycles. The van der Waals surface area contributed by atoms with Crippen LogP contribution in [0.4, 0.5) is 4.39 Å². The van der Waals surface area contributed by atoms with E-state index in [0.29, 0.717) is 0 Å². The van der Waals surface area contributed by atoms with Gasteiger partial charge >= 0.3 is 0 Å². The standard InChI is InChI=1S/C13H16FN3S/c1-9(15)12(10-3-5-11(14)6-4-10)18-13-16-7-8-17(13)2/h3-9,12H,15H2,1-2H3. The van der Waals surface area contributed by atoms with E-state index < -0.39 is 0 Å². The van der Waals surface area contributed by atoms with Crippen molar-refractivity contribution in [2.24, 2.45) is 12.8 Å².